The molecule has 1 unspecified atom stereocenters. The molecule has 2 rings (SSSR count). The number of benzene rings is 1. The Morgan fingerprint density at radius 1 is 1.39 bits per heavy atom. The van der Waals surface area contributed by atoms with Gasteiger partial charge in [-0.05, 0) is 31.5 Å². The van der Waals surface area contributed by atoms with E-state index in [0.717, 1.165) is 17.1 Å². The summed E-state index contributed by atoms with van der Waals surface area (Å²) in [4.78, 5) is 7.24. The van der Waals surface area contributed by atoms with Crippen LogP contribution in [0.3, 0.4) is 0 Å². The van der Waals surface area contributed by atoms with Gasteiger partial charge in [-0.3, -0.25) is 0 Å². The summed E-state index contributed by atoms with van der Waals surface area (Å²) < 4.78 is 5.66. The van der Waals surface area contributed by atoms with Crippen molar-refractivity contribution in [3.63, 3.8) is 0 Å². The number of alkyl halides is 1. The molecule has 0 saturated carbocycles. The molecule has 0 amide bonds. The van der Waals surface area contributed by atoms with Gasteiger partial charge in [0.1, 0.15) is 11.6 Å². The van der Waals surface area contributed by atoms with E-state index in [1.165, 1.54) is 0 Å². The van der Waals surface area contributed by atoms with Gasteiger partial charge in [-0.1, -0.05) is 12.1 Å². The SMILES string of the molecule is CC(C)Oc1cccc(C(Cl)Cc2ncc[nH]2)c1. The molecule has 2 aromatic rings. The van der Waals surface area contributed by atoms with E-state index < -0.39 is 0 Å². The second kappa shape index (κ2) is 5.91. The monoisotopic (exact) mass is 264 g/mol. The van der Waals surface area contributed by atoms with E-state index >= 15 is 0 Å². The summed E-state index contributed by atoms with van der Waals surface area (Å²) in [6.07, 6.45) is 4.38. The summed E-state index contributed by atoms with van der Waals surface area (Å²) in [6, 6.07) is 7.90. The highest BCUT2D eigenvalue weighted by Gasteiger charge is 2.11. The molecule has 96 valence electrons. The first-order chi connectivity index (χ1) is 8.65. The van der Waals surface area contributed by atoms with Gasteiger partial charge in [0.05, 0.1) is 11.5 Å². The smallest absolute Gasteiger partial charge is 0.120 e. The lowest BCUT2D eigenvalue weighted by molar-refractivity contribution is 0.242. The Labute approximate surface area is 112 Å². The van der Waals surface area contributed by atoms with Crippen LogP contribution in [0.15, 0.2) is 36.7 Å². The molecule has 1 atom stereocenters. The first-order valence-corrected chi connectivity index (χ1v) is 6.47. The summed E-state index contributed by atoms with van der Waals surface area (Å²) in [5.41, 5.74) is 1.05. The van der Waals surface area contributed by atoms with Gasteiger partial charge in [-0.2, -0.15) is 0 Å². The van der Waals surface area contributed by atoms with Crippen LogP contribution in [0, 0.1) is 0 Å². The van der Waals surface area contributed by atoms with Crippen LogP contribution in [0.25, 0.3) is 0 Å². The average Bonchev–Trinajstić information content (AvgIpc) is 2.81. The second-order valence-electron chi connectivity index (χ2n) is 4.45. The number of imidazole rings is 1. The Kier molecular flexibility index (Phi) is 4.26. The Morgan fingerprint density at radius 3 is 2.89 bits per heavy atom. The highest BCUT2D eigenvalue weighted by Crippen LogP contribution is 2.27. The molecule has 0 aliphatic heterocycles. The van der Waals surface area contributed by atoms with Gasteiger partial charge in [0.25, 0.3) is 0 Å². The fraction of sp³-hybridized carbons (Fsp3) is 0.357. The predicted molar refractivity (Wildman–Crippen MR) is 73.1 cm³/mol. The molecule has 1 heterocycles. The lowest BCUT2D eigenvalue weighted by Gasteiger charge is -2.13. The van der Waals surface area contributed by atoms with Crippen LogP contribution in [0.5, 0.6) is 5.75 Å². The minimum absolute atomic E-state index is 0.105. The van der Waals surface area contributed by atoms with Crippen LogP contribution < -0.4 is 4.74 Å². The van der Waals surface area contributed by atoms with E-state index in [1.807, 2.05) is 38.1 Å². The summed E-state index contributed by atoms with van der Waals surface area (Å²) >= 11 is 6.39. The van der Waals surface area contributed by atoms with E-state index in [9.17, 15) is 0 Å². The number of halogens is 1. The number of hydrogen-bond acceptors (Lipinski definition) is 2. The van der Waals surface area contributed by atoms with Gasteiger partial charge in [0.2, 0.25) is 0 Å². The standard InChI is InChI=1S/C14H17ClN2O/c1-10(2)18-12-5-3-4-11(8-12)13(15)9-14-16-6-7-17-14/h3-8,10,13H,9H2,1-2H3,(H,16,17). The van der Waals surface area contributed by atoms with Crippen LogP contribution in [-0.4, -0.2) is 16.1 Å². The Balaban J connectivity index is 2.07. The number of rotatable bonds is 5. The van der Waals surface area contributed by atoms with E-state index in [1.54, 1.807) is 12.4 Å². The number of ether oxygens (including phenoxy) is 1. The van der Waals surface area contributed by atoms with E-state index in [4.69, 9.17) is 16.3 Å². The predicted octanol–water partition coefficient (Wildman–Crippen LogP) is 3.72. The summed E-state index contributed by atoms with van der Waals surface area (Å²) in [5.74, 6) is 1.75. The number of aromatic amines is 1. The van der Waals surface area contributed by atoms with Gasteiger partial charge in [0, 0.05) is 18.8 Å². The first-order valence-electron chi connectivity index (χ1n) is 6.04. The highest BCUT2D eigenvalue weighted by atomic mass is 35.5. The van der Waals surface area contributed by atoms with Crippen molar-refractivity contribution >= 4 is 11.6 Å². The number of H-pyrrole nitrogens is 1. The second-order valence-corrected chi connectivity index (χ2v) is 4.97. The molecule has 1 aromatic carbocycles. The van der Waals surface area contributed by atoms with Crippen molar-refractivity contribution in [1.82, 2.24) is 9.97 Å². The molecule has 18 heavy (non-hydrogen) atoms. The van der Waals surface area contributed by atoms with E-state index in [0.29, 0.717) is 6.42 Å². The molecule has 0 radical (unpaired) electrons. The molecular formula is C14H17ClN2O. The average molecular weight is 265 g/mol. The molecule has 3 nitrogen and oxygen atoms in total. The zero-order chi connectivity index (χ0) is 13.0. The summed E-state index contributed by atoms with van der Waals surface area (Å²) in [5, 5.41) is -0.105. The van der Waals surface area contributed by atoms with Crippen LogP contribution in [0.4, 0.5) is 0 Å². The lowest BCUT2D eigenvalue weighted by atomic mass is 10.1. The van der Waals surface area contributed by atoms with Gasteiger partial charge in [-0.15, -0.1) is 11.6 Å². The van der Waals surface area contributed by atoms with Crippen LogP contribution in [0.2, 0.25) is 0 Å². The van der Waals surface area contributed by atoms with E-state index in [-0.39, 0.29) is 11.5 Å². The van der Waals surface area contributed by atoms with E-state index in [2.05, 4.69) is 9.97 Å². The molecule has 0 bridgehead atoms. The number of aromatic nitrogens is 2. The maximum Gasteiger partial charge on any atom is 0.120 e. The number of nitrogens with zero attached hydrogens (tertiary/aromatic N) is 1. The summed E-state index contributed by atoms with van der Waals surface area (Å²) in [7, 11) is 0. The highest BCUT2D eigenvalue weighted by molar-refractivity contribution is 6.20. The van der Waals surface area contributed by atoms with Gasteiger partial charge >= 0.3 is 0 Å². The maximum absolute atomic E-state index is 6.39. The number of nitrogens with one attached hydrogen (secondary N) is 1. The third-order valence-electron chi connectivity index (χ3n) is 2.52. The lowest BCUT2D eigenvalue weighted by Crippen LogP contribution is -2.06. The fourth-order valence-electron chi connectivity index (χ4n) is 1.75. The molecule has 0 aliphatic rings. The largest absolute Gasteiger partial charge is 0.491 e. The normalized spacial score (nSPS) is 12.7. The molecule has 0 aliphatic carbocycles. The van der Waals surface area contributed by atoms with Crippen molar-refractivity contribution in [3.8, 4) is 5.75 Å². The van der Waals surface area contributed by atoms with Crippen molar-refractivity contribution < 1.29 is 4.74 Å². The Hall–Kier alpha value is -1.48. The first kappa shape index (κ1) is 13.0. The zero-order valence-corrected chi connectivity index (χ0v) is 11.3. The minimum atomic E-state index is -0.105. The van der Waals surface area contributed by atoms with Crippen molar-refractivity contribution in [2.45, 2.75) is 31.7 Å². The van der Waals surface area contributed by atoms with Crippen LogP contribution in [0.1, 0.15) is 30.6 Å². The summed E-state index contributed by atoms with van der Waals surface area (Å²) in [6.45, 7) is 4.02. The third kappa shape index (κ3) is 3.50. The number of hydrogen-bond donors (Lipinski definition) is 1. The maximum atomic E-state index is 6.39. The Bertz CT molecular complexity index is 482. The minimum Gasteiger partial charge on any atom is -0.491 e. The molecule has 1 N–H and O–H groups in total. The van der Waals surface area contributed by atoms with Crippen molar-refractivity contribution in [2.75, 3.05) is 0 Å². The molecule has 0 spiro atoms. The van der Waals surface area contributed by atoms with Gasteiger partial charge in [0.15, 0.2) is 0 Å². The zero-order valence-electron chi connectivity index (χ0n) is 10.6. The molecular weight excluding hydrogens is 248 g/mol. The van der Waals surface area contributed by atoms with Crippen LogP contribution in [-0.2, 0) is 6.42 Å². The van der Waals surface area contributed by atoms with Crippen molar-refractivity contribution in [2.24, 2.45) is 0 Å². The van der Waals surface area contributed by atoms with Gasteiger partial charge in [-0.25, -0.2) is 4.98 Å². The topological polar surface area (TPSA) is 37.9 Å². The quantitative estimate of drug-likeness (QED) is 0.836. The third-order valence-corrected chi connectivity index (χ3v) is 2.93. The molecule has 1 aromatic heterocycles. The molecule has 0 fully saturated rings. The van der Waals surface area contributed by atoms with Crippen LogP contribution >= 0.6 is 11.6 Å². The van der Waals surface area contributed by atoms with Gasteiger partial charge < -0.3 is 9.72 Å². The van der Waals surface area contributed by atoms with Crippen molar-refractivity contribution in [3.05, 3.63) is 48.0 Å². The molecule has 4 heteroatoms. The molecule has 0 saturated heterocycles. The van der Waals surface area contributed by atoms with Crippen molar-refractivity contribution in [1.29, 1.82) is 0 Å². The Morgan fingerprint density at radius 2 is 2.22 bits per heavy atom. The fourth-order valence-corrected chi connectivity index (χ4v) is 2.03.